The van der Waals surface area contributed by atoms with Crippen LogP contribution in [0.1, 0.15) is 17.0 Å². The minimum absolute atomic E-state index is 0.0856. The van der Waals surface area contributed by atoms with Crippen molar-refractivity contribution in [3.63, 3.8) is 0 Å². The van der Waals surface area contributed by atoms with E-state index in [0.29, 0.717) is 27.5 Å². The van der Waals surface area contributed by atoms with Crippen molar-refractivity contribution < 1.29 is 4.79 Å². The normalized spacial score (nSPS) is 10.8. The molecule has 162 valence electrons. The van der Waals surface area contributed by atoms with E-state index >= 15 is 0 Å². The maximum atomic E-state index is 12.3. The van der Waals surface area contributed by atoms with Gasteiger partial charge in [0.05, 0.1) is 21.6 Å². The van der Waals surface area contributed by atoms with Gasteiger partial charge in [-0.05, 0) is 36.8 Å². The van der Waals surface area contributed by atoms with E-state index < -0.39 is 0 Å². The molecule has 3 rings (SSSR count). The first kappa shape index (κ1) is 23.7. The van der Waals surface area contributed by atoms with Crippen LogP contribution >= 0.6 is 46.7 Å². The molecule has 3 aromatic rings. The second-order valence-corrected chi connectivity index (χ2v) is 9.48. The number of halogens is 2. The van der Waals surface area contributed by atoms with Crippen LogP contribution in [0.5, 0.6) is 0 Å². The summed E-state index contributed by atoms with van der Waals surface area (Å²) in [5.74, 6) is 2.46. The van der Waals surface area contributed by atoms with Crippen molar-refractivity contribution in [1.29, 1.82) is 0 Å². The van der Waals surface area contributed by atoms with Gasteiger partial charge < -0.3 is 9.88 Å². The number of amides is 1. The van der Waals surface area contributed by atoms with Gasteiger partial charge in [-0.3, -0.25) is 4.79 Å². The van der Waals surface area contributed by atoms with Gasteiger partial charge in [-0.15, -0.1) is 28.5 Å². The molecule has 0 fully saturated rings. The summed E-state index contributed by atoms with van der Waals surface area (Å²) in [5, 5.41) is 13.3. The number of hydrogen-bond acceptors (Lipinski definition) is 5. The summed E-state index contributed by atoms with van der Waals surface area (Å²) >= 11 is 15.1. The van der Waals surface area contributed by atoms with Crippen molar-refractivity contribution >= 4 is 58.3 Å². The molecular formula is C22H22Cl2N4OS2. The number of benzene rings is 2. The third kappa shape index (κ3) is 7.04. The highest BCUT2D eigenvalue weighted by Crippen LogP contribution is 2.26. The molecule has 0 saturated heterocycles. The fourth-order valence-electron chi connectivity index (χ4n) is 2.70. The Morgan fingerprint density at radius 2 is 1.90 bits per heavy atom. The fourth-order valence-corrected chi connectivity index (χ4v) is 4.70. The predicted molar refractivity (Wildman–Crippen MR) is 132 cm³/mol. The Hall–Kier alpha value is -1.93. The molecule has 1 heterocycles. The van der Waals surface area contributed by atoms with Gasteiger partial charge in [-0.1, -0.05) is 64.8 Å². The van der Waals surface area contributed by atoms with Crippen molar-refractivity contribution in [2.24, 2.45) is 0 Å². The monoisotopic (exact) mass is 492 g/mol. The average Bonchev–Trinajstić information content (AvgIpc) is 3.13. The van der Waals surface area contributed by atoms with Crippen LogP contribution in [0.15, 0.2) is 60.3 Å². The van der Waals surface area contributed by atoms with E-state index in [0.717, 1.165) is 28.4 Å². The molecule has 0 spiro atoms. The number of nitrogens with one attached hydrogen (secondary N) is 1. The Morgan fingerprint density at radius 1 is 1.13 bits per heavy atom. The summed E-state index contributed by atoms with van der Waals surface area (Å²) in [6.07, 6.45) is 1.80. The van der Waals surface area contributed by atoms with E-state index in [4.69, 9.17) is 23.2 Å². The molecule has 0 aliphatic rings. The molecule has 0 aliphatic carbocycles. The van der Waals surface area contributed by atoms with Crippen molar-refractivity contribution in [3.8, 4) is 0 Å². The summed E-state index contributed by atoms with van der Waals surface area (Å²) in [6, 6.07) is 13.3. The number of thioether (sulfide) groups is 2. The number of anilines is 1. The van der Waals surface area contributed by atoms with Crippen LogP contribution in [0.25, 0.3) is 0 Å². The van der Waals surface area contributed by atoms with Gasteiger partial charge in [-0.25, -0.2) is 0 Å². The number of nitrogens with zero attached hydrogens (tertiary/aromatic N) is 3. The van der Waals surface area contributed by atoms with Gasteiger partial charge in [0.1, 0.15) is 5.82 Å². The first-order valence-corrected chi connectivity index (χ1v) is 12.4. The first-order valence-electron chi connectivity index (χ1n) is 9.50. The lowest BCUT2D eigenvalue weighted by Crippen LogP contribution is -2.14. The maximum absolute atomic E-state index is 12.3. The zero-order valence-electron chi connectivity index (χ0n) is 17.0. The second-order valence-electron chi connectivity index (χ2n) is 6.74. The molecule has 1 N–H and O–H groups in total. The number of aryl methyl sites for hydroxylation is 1. The standard InChI is InChI=1S/C22H22Cl2N4OS2/c1-3-10-28-20(13-30-12-16-6-9-18(23)19(24)11-16)26-27-22(28)31-14-21(29)25-17-7-4-15(2)5-8-17/h3-9,11H,1,10,12-14H2,2H3,(H,25,29). The van der Waals surface area contributed by atoms with Crippen LogP contribution in [0, 0.1) is 6.92 Å². The number of aromatic nitrogens is 3. The number of hydrogen-bond donors (Lipinski definition) is 1. The first-order chi connectivity index (χ1) is 15.0. The number of allylic oxidation sites excluding steroid dienone is 1. The van der Waals surface area contributed by atoms with Crippen molar-refractivity contribution in [3.05, 3.63) is 82.1 Å². The van der Waals surface area contributed by atoms with Gasteiger partial charge in [0.25, 0.3) is 0 Å². The molecule has 31 heavy (non-hydrogen) atoms. The minimum atomic E-state index is -0.0856. The Balaban J connectivity index is 1.56. The van der Waals surface area contributed by atoms with Gasteiger partial charge >= 0.3 is 0 Å². The maximum Gasteiger partial charge on any atom is 0.234 e. The molecule has 5 nitrogen and oxygen atoms in total. The zero-order valence-corrected chi connectivity index (χ0v) is 20.1. The smallest absolute Gasteiger partial charge is 0.234 e. The highest BCUT2D eigenvalue weighted by Gasteiger charge is 2.14. The zero-order chi connectivity index (χ0) is 22.2. The highest BCUT2D eigenvalue weighted by molar-refractivity contribution is 7.99. The second kappa shape index (κ2) is 11.6. The van der Waals surface area contributed by atoms with Crippen LogP contribution in [-0.4, -0.2) is 26.4 Å². The molecule has 0 atom stereocenters. The summed E-state index contributed by atoms with van der Waals surface area (Å²) in [4.78, 5) is 12.3. The third-order valence-electron chi connectivity index (χ3n) is 4.26. The highest BCUT2D eigenvalue weighted by atomic mass is 35.5. The Labute approximate surface area is 200 Å². The molecule has 0 saturated carbocycles. The minimum Gasteiger partial charge on any atom is -0.325 e. The van der Waals surface area contributed by atoms with Crippen LogP contribution < -0.4 is 5.32 Å². The molecule has 0 radical (unpaired) electrons. The van der Waals surface area contributed by atoms with Crippen LogP contribution in [0.3, 0.4) is 0 Å². The molecule has 1 amide bonds. The number of rotatable bonds is 10. The predicted octanol–water partition coefficient (Wildman–Crippen LogP) is 6.24. The van der Waals surface area contributed by atoms with Crippen molar-refractivity contribution in [2.75, 3.05) is 11.1 Å². The quantitative estimate of drug-likeness (QED) is 0.268. The number of carbonyl (C=O) groups excluding carboxylic acids is 1. The van der Waals surface area contributed by atoms with Crippen molar-refractivity contribution in [1.82, 2.24) is 14.8 Å². The van der Waals surface area contributed by atoms with E-state index in [1.807, 2.05) is 47.9 Å². The lowest BCUT2D eigenvalue weighted by Gasteiger charge is -2.08. The Morgan fingerprint density at radius 3 is 2.61 bits per heavy atom. The Kier molecular flexibility index (Phi) is 8.90. The van der Waals surface area contributed by atoms with Crippen LogP contribution in [-0.2, 0) is 22.8 Å². The largest absolute Gasteiger partial charge is 0.325 e. The topological polar surface area (TPSA) is 59.8 Å². The SMILES string of the molecule is C=CCn1c(CSCc2ccc(Cl)c(Cl)c2)nnc1SCC(=O)Nc1ccc(C)cc1. The van der Waals surface area contributed by atoms with E-state index in [-0.39, 0.29) is 11.7 Å². The van der Waals surface area contributed by atoms with E-state index in [1.54, 1.807) is 23.9 Å². The number of carbonyl (C=O) groups is 1. The average molecular weight is 493 g/mol. The van der Waals surface area contributed by atoms with Crippen LogP contribution in [0.2, 0.25) is 10.0 Å². The van der Waals surface area contributed by atoms with Crippen LogP contribution in [0.4, 0.5) is 5.69 Å². The summed E-state index contributed by atoms with van der Waals surface area (Å²) in [6.45, 7) is 6.41. The third-order valence-corrected chi connectivity index (χ3v) is 6.96. The molecule has 9 heteroatoms. The van der Waals surface area contributed by atoms with Crippen molar-refractivity contribution in [2.45, 2.75) is 30.1 Å². The summed E-state index contributed by atoms with van der Waals surface area (Å²) < 4.78 is 1.98. The van der Waals surface area contributed by atoms with Gasteiger partial charge in [0.15, 0.2) is 5.16 Å². The fraction of sp³-hybridized carbons (Fsp3) is 0.227. The lowest BCUT2D eigenvalue weighted by atomic mass is 10.2. The molecule has 1 aromatic heterocycles. The van der Waals surface area contributed by atoms with Gasteiger partial charge in [0.2, 0.25) is 5.91 Å². The van der Waals surface area contributed by atoms with E-state index in [2.05, 4.69) is 22.1 Å². The lowest BCUT2D eigenvalue weighted by molar-refractivity contribution is -0.113. The van der Waals surface area contributed by atoms with Gasteiger partial charge in [-0.2, -0.15) is 0 Å². The molecule has 0 bridgehead atoms. The summed E-state index contributed by atoms with van der Waals surface area (Å²) in [7, 11) is 0. The molecule has 2 aromatic carbocycles. The van der Waals surface area contributed by atoms with Gasteiger partial charge in [0, 0.05) is 18.0 Å². The molecular weight excluding hydrogens is 471 g/mol. The van der Waals surface area contributed by atoms with E-state index in [1.165, 1.54) is 11.8 Å². The Bertz CT molecular complexity index is 1050. The van der Waals surface area contributed by atoms with E-state index in [9.17, 15) is 4.79 Å². The summed E-state index contributed by atoms with van der Waals surface area (Å²) in [5.41, 5.74) is 3.02. The molecule has 0 aliphatic heterocycles. The molecule has 0 unspecified atom stereocenters.